The summed E-state index contributed by atoms with van der Waals surface area (Å²) in [6.07, 6.45) is -0.363. The molecule has 4 unspecified atom stereocenters. The second kappa shape index (κ2) is 11.9. The molecule has 0 saturated heterocycles. The largest absolute Gasteiger partial charge is 0.491 e. The number of aryl methyl sites for hydroxylation is 4. The van der Waals surface area contributed by atoms with Crippen LogP contribution in [0.15, 0.2) is 60.7 Å². The van der Waals surface area contributed by atoms with Crippen LogP contribution in [0.2, 0.25) is 0 Å². The number of amides is 2. The van der Waals surface area contributed by atoms with Crippen molar-refractivity contribution < 1.29 is 24.2 Å². The van der Waals surface area contributed by atoms with Gasteiger partial charge in [0.1, 0.15) is 17.5 Å². The van der Waals surface area contributed by atoms with E-state index >= 15 is 0 Å². The van der Waals surface area contributed by atoms with Crippen LogP contribution in [0.4, 0.5) is 11.4 Å². The van der Waals surface area contributed by atoms with Crippen molar-refractivity contribution in [2.75, 3.05) is 10.6 Å². The van der Waals surface area contributed by atoms with Crippen LogP contribution in [0.1, 0.15) is 60.9 Å². The first-order valence-electron chi connectivity index (χ1n) is 14.0. The number of ketones is 1. The molecule has 0 spiro atoms. The van der Waals surface area contributed by atoms with E-state index in [1.54, 1.807) is 24.3 Å². The molecule has 216 valence electrons. The van der Waals surface area contributed by atoms with Gasteiger partial charge in [0.05, 0.1) is 17.6 Å². The number of Topliss-reactive ketones (excluding diaryl/α,β-unsaturated/α-hetero) is 1. The molecule has 1 fully saturated rings. The molecule has 0 aliphatic heterocycles. The van der Waals surface area contributed by atoms with E-state index < -0.39 is 41.0 Å². The molecule has 4 rings (SSSR count). The van der Waals surface area contributed by atoms with Crippen molar-refractivity contribution in [3.8, 4) is 5.75 Å². The van der Waals surface area contributed by atoms with Gasteiger partial charge in [0.2, 0.25) is 11.8 Å². The van der Waals surface area contributed by atoms with E-state index in [-0.39, 0.29) is 12.5 Å². The van der Waals surface area contributed by atoms with E-state index in [9.17, 15) is 19.5 Å². The number of hydrogen-bond donors (Lipinski definition) is 3. The van der Waals surface area contributed by atoms with Crippen molar-refractivity contribution in [1.29, 1.82) is 0 Å². The summed E-state index contributed by atoms with van der Waals surface area (Å²) >= 11 is 0. The maximum absolute atomic E-state index is 14.0. The van der Waals surface area contributed by atoms with Crippen LogP contribution >= 0.6 is 0 Å². The molecule has 4 atom stereocenters. The van der Waals surface area contributed by atoms with Crippen LogP contribution in [0.5, 0.6) is 5.75 Å². The number of aliphatic hydroxyl groups is 1. The Labute approximate surface area is 242 Å². The Morgan fingerprint density at radius 2 is 1.37 bits per heavy atom. The summed E-state index contributed by atoms with van der Waals surface area (Å²) in [4.78, 5) is 41.6. The molecule has 3 N–H and O–H groups in total. The lowest BCUT2D eigenvalue weighted by atomic mass is 9.61. The van der Waals surface area contributed by atoms with Gasteiger partial charge in [-0.25, -0.2) is 0 Å². The van der Waals surface area contributed by atoms with Crippen molar-refractivity contribution >= 4 is 29.0 Å². The Hall–Kier alpha value is -3.97. The minimum atomic E-state index is -1.69. The molecule has 1 aliphatic rings. The summed E-state index contributed by atoms with van der Waals surface area (Å²) < 4.78 is 5.80. The molecule has 1 aliphatic carbocycles. The Morgan fingerprint density at radius 1 is 0.854 bits per heavy atom. The average Bonchev–Trinajstić information content (AvgIpc) is 2.87. The number of nitrogens with one attached hydrogen (secondary N) is 2. The van der Waals surface area contributed by atoms with Crippen LogP contribution in [0.3, 0.4) is 0 Å². The number of anilines is 2. The lowest BCUT2D eigenvalue weighted by Gasteiger charge is -2.44. The molecular formula is C34H40N2O5. The molecule has 0 heterocycles. The fourth-order valence-corrected chi connectivity index (χ4v) is 5.69. The van der Waals surface area contributed by atoms with Crippen LogP contribution in [0.25, 0.3) is 0 Å². The minimum Gasteiger partial charge on any atom is -0.491 e. The predicted octanol–water partition coefficient (Wildman–Crippen LogP) is 6.02. The highest BCUT2D eigenvalue weighted by molar-refractivity contribution is 6.10. The molecule has 3 aromatic rings. The topological polar surface area (TPSA) is 105 Å². The van der Waals surface area contributed by atoms with Gasteiger partial charge in [-0.05, 0) is 101 Å². The zero-order valence-electron chi connectivity index (χ0n) is 24.9. The van der Waals surface area contributed by atoms with E-state index in [1.165, 1.54) is 6.92 Å². The van der Waals surface area contributed by atoms with Crippen LogP contribution in [0, 0.1) is 39.5 Å². The number of hydrogen-bond acceptors (Lipinski definition) is 5. The van der Waals surface area contributed by atoms with Gasteiger partial charge in [0.25, 0.3) is 0 Å². The number of rotatable bonds is 7. The number of carbonyl (C=O) groups excluding carboxylic acids is 3. The van der Waals surface area contributed by atoms with E-state index in [0.717, 1.165) is 22.3 Å². The van der Waals surface area contributed by atoms with Crippen molar-refractivity contribution in [2.45, 2.75) is 72.5 Å². The molecule has 41 heavy (non-hydrogen) atoms. The van der Waals surface area contributed by atoms with E-state index in [1.807, 2.05) is 77.9 Å². The molecule has 3 aromatic carbocycles. The molecule has 0 aromatic heterocycles. The molecule has 2 amide bonds. The second-order valence-electron chi connectivity index (χ2n) is 11.8. The van der Waals surface area contributed by atoms with Gasteiger partial charge in [-0.1, -0.05) is 36.4 Å². The lowest BCUT2D eigenvalue weighted by Crippen LogP contribution is -2.56. The Kier molecular flexibility index (Phi) is 8.69. The zero-order chi connectivity index (χ0) is 30.1. The Bertz CT molecular complexity index is 1460. The summed E-state index contributed by atoms with van der Waals surface area (Å²) in [7, 11) is 0. The minimum absolute atomic E-state index is 0.0370. The third kappa shape index (κ3) is 6.68. The van der Waals surface area contributed by atoms with E-state index in [0.29, 0.717) is 22.7 Å². The van der Waals surface area contributed by atoms with Gasteiger partial charge in [-0.2, -0.15) is 0 Å². The summed E-state index contributed by atoms with van der Waals surface area (Å²) in [6, 6.07) is 18.5. The highest BCUT2D eigenvalue weighted by atomic mass is 16.5. The first kappa shape index (κ1) is 30.0. The summed E-state index contributed by atoms with van der Waals surface area (Å²) in [5.74, 6) is -3.95. The second-order valence-corrected chi connectivity index (χ2v) is 11.8. The Balaban J connectivity index is 1.79. The van der Waals surface area contributed by atoms with Gasteiger partial charge in [0, 0.05) is 23.7 Å². The summed E-state index contributed by atoms with van der Waals surface area (Å²) in [5, 5.41) is 17.5. The van der Waals surface area contributed by atoms with Gasteiger partial charge in [-0.15, -0.1) is 0 Å². The highest BCUT2D eigenvalue weighted by Crippen LogP contribution is 2.47. The van der Waals surface area contributed by atoms with E-state index in [4.69, 9.17) is 4.74 Å². The van der Waals surface area contributed by atoms with Gasteiger partial charge < -0.3 is 20.5 Å². The maximum Gasteiger partial charge on any atom is 0.235 e. The van der Waals surface area contributed by atoms with Crippen molar-refractivity contribution in [1.82, 2.24) is 0 Å². The normalized spacial score (nSPS) is 22.4. The maximum atomic E-state index is 14.0. The molecule has 1 saturated carbocycles. The SMILES string of the molecule is Cc1ccc(C)c(NC(=O)C2C(=O)CC(C)(O)C(C(=O)Nc3cc(C)ccc3C)C2c2ccc(OC(C)C)cc2)c1. The monoisotopic (exact) mass is 556 g/mol. The average molecular weight is 557 g/mol. The predicted molar refractivity (Wildman–Crippen MR) is 161 cm³/mol. The lowest BCUT2D eigenvalue weighted by molar-refractivity contribution is -0.150. The first-order chi connectivity index (χ1) is 19.3. The molecule has 7 nitrogen and oxygen atoms in total. The fraction of sp³-hybridized carbons (Fsp3) is 0.382. The fourth-order valence-electron chi connectivity index (χ4n) is 5.69. The standard InChI is InChI=1S/C34H40N2O5/c1-19(2)41-25-14-12-24(13-15-25)29-30(32(38)35-26-16-20(3)8-10-22(26)5)28(37)18-34(7,40)31(29)33(39)36-27-17-21(4)9-11-23(27)6/h8-17,19,29-31,40H,18H2,1-7H3,(H,35,38)(H,36,39). The number of carbonyl (C=O) groups is 3. The van der Waals surface area contributed by atoms with Gasteiger partial charge in [-0.3, -0.25) is 14.4 Å². The first-order valence-corrected chi connectivity index (χ1v) is 14.0. The molecule has 0 bridgehead atoms. The zero-order valence-corrected chi connectivity index (χ0v) is 24.9. The quantitative estimate of drug-likeness (QED) is 0.309. The number of benzene rings is 3. The van der Waals surface area contributed by atoms with Crippen molar-refractivity contribution in [2.24, 2.45) is 11.8 Å². The Morgan fingerprint density at radius 3 is 1.88 bits per heavy atom. The third-order valence-corrected chi connectivity index (χ3v) is 7.77. The van der Waals surface area contributed by atoms with Gasteiger partial charge >= 0.3 is 0 Å². The van der Waals surface area contributed by atoms with Crippen LogP contribution < -0.4 is 15.4 Å². The van der Waals surface area contributed by atoms with Gasteiger partial charge in [0.15, 0.2) is 0 Å². The smallest absolute Gasteiger partial charge is 0.235 e. The summed E-state index contributed by atoms with van der Waals surface area (Å²) in [6.45, 7) is 13.0. The van der Waals surface area contributed by atoms with Crippen molar-refractivity contribution in [3.05, 3.63) is 88.5 Å². The molecule has 0 radical (unpaired) electrons. The molecular weight excluding hydrogens is 516 g/mol. The highest BCUT2D eigenvalue weighted by Gasteiger charge is 2.56. The van der Waals surface area contributed by atoms with E-state index in [2.05, 4.69) is 10.6 Å². The summed E-state index contributed by atoms with van der Waals surface area (Å²) in [5.41, 5.74) is 3.80. The molecule has 7 heteroatoms. The van der Waals surface area contributed by atoms with Crippen LogP contribution in [-0.4, -0.2) is 34.4 Å². The van der Waals surface area contributed by atoms with Crippen LogP contribution in [-0.2, 0) is 14.4 Å². The number of ether oxygens (including phenoxy) is 1. The third-order valence-electron chi connectivity index (χ3n) is 7.77. The van der Waals surface area contributed by atoms with Crippen molar-refractivity contribution in [3.63, 3.8) is 0 Å².